The summed E-state index contributed by atoms with van der Waals surface area (Å²) in [7, 11) is 4.09. The zero-order valence-corrected chi connectivity index (χ0v) is 21.6. The van der Waals surface area contributed by atoms with E-state index in [1.165, 1.54) is 11.3 Å². The van der Waals surface area contributed by atoms with E-state index in [4.69, 9.17) is 9.40 Å². The van der Waals surface area contributed by atoms with E-state index in [-0.39, 0.29) is 12.5 Å². The van der Waals surface area contributed by atoms with Crippen LogP contribution in [0, 0.1) is 6.92 Å². The Balaban J connectivity index is 1.57. The van der Waals surface area contributed by atoms with Gasteiger partial charge in [0, 0.05) is 26.6 Å². The molecule has 0 atom stereocenters. The maximum atomic E-state index is 13.1. The molecule has 10 heteroatoms. The molecule has 0 aliphatic rings. The number of imidazole rings is 1. The monoisotopic (exact) mass is 496 g/mol. The maximum absolute atomic E-state index is 13.1. The van der Waals surface area contributed by atoms with Crippen LogP contribution in [0.15, 0.2) is 40.9 Å². The fraction of sp³-hybridized carbons (Fsp3) is 0.400. The zero-order valence-electron chi connectivity index (χ0n) is 20.8. The smallest absolute Gasteiger partial charge is 0.268 e. The lowest BCUT2D eigenvalue weighted by molar-refractivity contribution is 0.0630. The Hall–Kier alpha value is -3.05. The van der Waals surface area contributed by atoms with Crippen molar-refractivity contribution in [2.24, 2.45) is 0 Å². The number of nitrogens with one attached hydrogen (secondary N) is 2. The standard InChI is InChI=1S/C25H32N6O3S/c1-16-27-14-20(34-16)21-8-9-22(35-21)23(32)29-24-28-18-12-17(13-26-10-11-30(4)5)6-7-19(18)31(24)15-25(2,3)33/h6-9,12,14,26,33H,10-11,13,15H2,1-5H3,(H,28,29,32). The van der Waals surface area contributed by atoms with E-state index in [1.807, 2.05) is 42.9 Å². The average molecular weight is 497 g/mol. The molecule has 0 aliphatic carbocycles. The number of aliphatic hydroxyl groups is 1. The molecular formula is C25H32N6O3S. The number of rotatable bonds is 10. The number of benzene rings is 1. The van der Waals surface area contributed by atoms with Crippen LogP contribution in [0.1, 0.15) is 35.0 Å². The highest BCUT2D eigenvalue weighted by atomic mass is 32.1. The van der Waals surface area contributed by atoms with Crippen LogP contribution >= 0.6 is 11.3 Å². The lowest BCUT2D eigenvalue weighted by atomic mass is 10.1. The Morgan fingerprint density at radius 1 is 1.26 bits per heavy atom. The number of hydrogen-bond acceptors (Lipinski definition) is 8. The summed E-state index contributed by atoms with van der Waals surface area (Å²) in [6.07, 6.45) is 1.65. The molecule has 0 saturated carbocycles. The first kappa shape index (κ1) is 25.1. The van der Waals surface area contributed by atoms with Crippen LogP contribution < -0.4 is 10.6 Å². The van der Waals surface area contributed by atoms with Crippen molar-refractivity contribution in [3.63, 3.8) is 0 Å². The van der Waals surface area contributed by atoms with E-state index < -0.39 is 5.60 Å². The first-order valence-electron chi connectivity index (χ1n) is 11.5. The second kappa shape index (κ2) is 10.3. The number of aromatic nitrogens is 3. The topological polar surface area (TPSA) is 108 Å². The Labute approximate surface area is 208 Å². The molecule has 3 heterocycles. The molecule has 9 nitrogen and oxygen atoms in total. The first-order chi connectivity index (χ1) is 16.6. The Kier molecular flexibility index (Phi) is 7.36. The van der Waals surface area contributed by atoms with Gasteiger partial charge in [-0.3, -0.25) is 10.1 Å². The van der Waals surface area contributed by atoms with Gasteiger partial charge in [0.05, 0.1) is 39.1 Å². The van der Waals surface area contributed by atoms with Gasteiger partial charge in [-0.25, -0.2) is 9.97 Å². The SMILES string of the molecule is Cc1ncc(-c2ccc(C(=O)Nc3nc4cc(CNCCN(C)C)ccc4n3CC(C)(C)O)s2)o1. The molecule has 0 aliphatic heterocycles. The van der Waals surface area contributed by atoms with Crippen molar-refractivity contribution < 1.29 is 14.3 Å². The van der Waals surface area contributed by atoms with Gasteiger partial charge in [-0.2, -0.15) is 0 Å². The fourth-order valence-corrected chi connectivity index (χ4v) is 4.54. The predicted octanol–water partition coefficient (Wildman–Crippen LogP) is 3.74. The average Bonchev–Trinajstić information content (AvgIpc) is 3.49. The van der Waals surface area contributed by atoms with Gasteiger partial charge < -0.3 is 24.3 Å². The molecule has 0 unspecified atom stereocenters. The lowest BCUT2D eigenvalue weighted by Gasteiger charge is -2.20. The quantitative estimate of drug-likeness (QED) is 0.287. The molecule has 0 spiro atoms. The largest absolute Gasteiger partial charge is 0.440 e. The van der Waals surface area contributed by atoms with Crippen LogP contribution in [-0.2, 0) is 13.1 Å². The van der Waals surface area contributed by atoms with Gasteiger partial charge >= 0.3 is 0 Å². The summed E-state index contributed by atoms with van der Waals surface area (Å²) in [6, 6.07) is 9.65. The molecular weight excluding hydrogens is 464 g/mol. The normalized spacial score (nSPS) is 12.1. The summed E-state index contributed by atoms with van der Waals surface area (Å²) < 4.78 is 7.42. The van der Waals surface area contributed by atoms with Crippen LogP contribution in [0.3, 0.4) is 0 Å². The minimum atomic E-state index is -0.986. The summed E-state index contributed by atoms with van der Waals surface area (Å²) in [6.45, 7) is 8.10. The molecule has 4 aromatic rings. The van der Waals surface area contributed by atoms with Crippen LogP contribution in [0.5, 0.6) is 0 Å². The van der Waals surface area contributed by atoms with Gasteiger partial charge in [-0.05, 0) is 57.8 Å². The van der Waals surface area contributed by atoms with Gasteiger partial charge in [0.25, 0.3) is 5.91 Å². The predicted molar refractivity (Wildman–Crippen MR) is 139 cm³/mol. The van der Waals surface area contributed by atoms with Gasteiger partial charge in [-0.15, -0.1) is 11.3 Å². The maximum Gasteiger partial charge on any atom is 0.268 e. The van der Waals surface area contributed by atoms with E-state index in [2.05, 4.69) is 20.5 Å². The number of oxazole rings is 1. The minimum Gasteiger partial charge on any atom is -0.440 e. The number of hydrogen-bond donors (Lipinski definition) is 3. The van der Waals surface area contributed by atoms with Crippen LogP contribution in [-0.4, -0.2) is 63.2 Å². The summed E-state index contributed by atoms with van der Waals surface area (Å²) >= 11 is 1.32. The van der Waals surface area contributed by atoms with Gasteiger partial charge in [-0.1, -0.05) is 6.07 Å². The highest BCUT2D eigenvalue weighted by Gasteiger charge is 2.22. The van der Waals surface area contributed by atoms with Crippen LogP contribution in [0.2, 0.25) is 0 Å². The van der Waals surface area contributed by atoms with Crippen molar-refractivity contribution in [1.29, 1.82) is 0 Å². The van der Waals surface area contributed by atoms with Crippen molar-refractivity contribution in [1.82, 2.24) is 24.8 Å². The summed E-state index contributed by atoms with van der Waals surface area (Å²) in [5, 5.41) is 16.9. The van der Waals surface area contributed by atoms with Crippen LogP contribution in [0.4, 0.5) is 5.95 Å². The number of nitrogens with zero attached hydrogens (tertiary/aromatic N) is 4. The summed E-state index contributed by atoms with van der Waals surface area (Å²) in [5.41, 5.74) is 1.73. The van der Waals surface area contributed by atoms with Gasteiger partial charge in [0.1, 0.15) is 0 Å². The third kappa shape index (κ3) is 6.34. The number of aryl methyl sites for hydroxylation is 1. The Morgan fingerprint density at radius 3 is 2.74 bits per heavy atom. The van der Waals surface area contributed by atoms with Gasteiger partial charge in [0.15, 0.2) is 11.7 Å². The highest BCUT2D eigenvalue weighted by molar-refractivity contribution is 7.17. The van der Waals surface area contributed by atoms with Gasteiger partial charge in [0.2, 0.25) is 5.95 Å². The van der Waals surface area contributed by atoms with Crippen molar-refractivity contribution in [3.05, 3.63) is 52.9 Å². The van der Waals surface area contributed by atoms with E-state index in [0.717, 1.165) is 41.1 Å². The molecule has 0 bridgehead atoms. The van der Waals surface area contributed by atoms with E-state index in [0.29, 0.717) is 22.5 Å². The fourth-order valence-electron chi connectivity index (χ4n) is 3.69. The summed E-state index contributed by atoms with van der Waals surface area (Å²) in [4.78, 5) is 25.4. The number of thiophene rings is 1. The molecule has 0 saturated heterocycles. The highest BCUT2D eigenvalue weighted by Crippen LogP contribution is 2.30. The molecule has 3 aromatic heterocycles. The van der Waals surface area contributed by atoms with E-state index in [9.17, 15) is 9.90 Å². The zero-order chi connectivity index (χ0) is 25.2. The van der Waals surface area contributed by atoms with E-state index >= 15 is 0 Å². The molecule has 1 amide bonds. The number of amides is 1. The Morgan fingerprint density at radius 2 is 2.06 bits per heavy atom. The second-order valence-electron chi connectivity index (χ2n) is 9.50. The van der Waals surface area contributed by atoms with Crippen LogP contribution in [0.25, 0.3) is 21.7 Å². The molecule has 186 valence electrons. The Bertz CT molecular complexity index is 1310. The molecule has 1 aromatic carbocycles. The van der Waals surface area contributed by atoms with E-state index in [1.54, 1.807) is 33.0 Å². The number of carbonyl (C=O) groups excluding carboxylic acids is 1. The van der Waals surface area contributed by atoms with Crippen molar-refractivity contribution in [3.8, 4) is 10.6 Å². The minimum absolute atomic E-state index is 0.268. The number of likely N-dealkylation sites (N-methyl/N-ethyl adjacent to an activating group) is 1. The van der Waals surface area contributed by atoms with Crippen molar-refractivity contribution >= 4 is 34.2 Å². The molecule has 35 heavy (non-hydrogen) atoms. The molecule has 4 rings (SSSR count). The number of anilines is 1. The number of fused-ring (bicyclic) bond motifs is 1. The van der Waals surface area contributed by atoms with Crippen molar-refractivity contribution in [2.45, 2.75) is 39.5 Å². The third-order valence-corrected chi connectivity index (χ3v) is 6.44. The van der Waals surface area contributed by atoms with Crippen molar-refractivity contribution in [2.75, 3.05) is 32.5 Å². The molecule has 0 radical (unpaired) electrons. The second-order valence-corrected chi connectivity index (χ2v) is 10.6. The molecule has 0 fully saturated rings. The first-order valence-corrected chi connectivity index (χ1v) is 12.3. The number of carbonyl (C=O) groups is 1. The summed E-state index contributed by atoms with van der Waals surface area (Å²) in [5.74, 6) is 1.34. The lowest BCUT2D eigenvalue weighted by Crippen LogP contribution is -2.27. The molecule has 3 N–H and O–H groups in total. The third-order valence-electron chi connectivity index (χ3n) is 5.34.